The number of benzene rings is 2. The topological polar surface area (TPSA) is 322 Å². The lowest BCUT2D eigenvalue weighted by Crippen LogP contribution is -2.54. The minimum Gasteiger partial charge on any atom is -0.445 e. The van der Waals surface area contributed by atoms with Crippen LogP contribution in [0.15, 0.2) is 66.7 Å². The molecule has 1 saturated heterocycles. The number of urea groups is 1. The second-order valence-corrected chi connectivity index (χ2v) is 26.8. The van der Waals surface area contributed by atoms with Gasteiger partial charge in [0, 0.05) is 115 Å². The molecule has 2 aromatic rings. The van der Waals surface area contributed by atoms with Crippen molar-refractivity contribution in [2.75, 3.05) is 47.4 Å². The SMILES string of the molecule is CC[C@H](C)[C@@H]([C@@H](CC(=O)N1CCC[C@H]1[C@H](CO)[C@@H](C)C(=O)N[C@H](C)[C@@H](O)c1ccccc1)OC)N(C)C(=O)[C@@H](CC(=O)C(C(C)C)N(C)C(=O)OCc1ccc(CC(=O)[C@H](CCCNC(N)=O)NC(=O)[C@@H](CC(=O)CCCCCN2C(=O)C=CC2=O)C(C)C)cc1)C(C)C. The zero-order valence-corrected chi connectivity index (χ0v) is 57.8. The fraction of sp³-hybridized carbons (Fsp3) is 0.648. The Balaban J connectivity index is 1.37. The third-order valence-electron chi connectivity index (χ3n) is 18.9. The molecule has 0 bridgehead atoms. The second kappa shape index (κ2) is 38.9. The molecular weight excluding hydrogens is 1200 g/mol. The standard InChI is InChI=1S/C71H108N8O15/c1-14-46(8)65(60(93-13)40-63(86)78-36-22-27-57(78)55(41-80)47(9)67(88)74-48(10)66(87)51-23-17-15-18-24-51)76(11)69(90)54(44(4)5)39-59(83)64(45(6)7)77(12)71(92)94-42-50-30-28-49(29-31-50)37-58(82)56(26-21-34-73-70(72)91)75-68(89)53(43(2)3)38-52(81)25-19-16-20-35-79-61(84)32-33-62(79)85/h15,17-18,23-24,28-33,43-48,53-57,60,64-66,80,87H,14,16,19-22,25-27,34-42H2,1-13H3,(H,74,88)(H,75,89)(H3,72,73,91)/t46-,47+,48+,53-,54-,55+,56-,57-,60+,64?,65-,66+/m0/s1. The molecule has 9 amide bonds. The van der Waals surface area contributed by atoms with Crippen LogP contribution < -0.4 is 21.7 Å². The third kappa shape index (κ3) is 23.2. The molecule has 23 nitrogen and oxygen atoms in total. The number of carbonyl (C=O) groups excluding carboxylic acids is 11. The fourth-order valence-corrected chi connectivity index (χ4v) is 12.9. The van der Waals surface area contributed by atoms with Crippen molar-refractivity contribution < 1.29 is 72.4 Å². The molecule has 0 radical (unpaired) electrons. The van der Waals surface area contributed by atoms with Gasteiger partial charge in [0.1, 0.15) is 12.4 Å². The smallest absolute Gasteiger partial charge is 0.410 e. The van der Waals surface area contributed by atoms with Gasteiger partial charge in [-0.25, -0.2) is 9.59 Å². The van der Waals surface area contributed by atoms with Crippen molar-refractivity contribution in [1.29, 1.82) is 0 Å². The van der Waals surface area contributed by atoms with Crippen LogP contribution in [0.5, 0.6) is 0 Å². The van der Waals surface area contributed by atoms with E-state index in [1.165, 1.54) is 31.2 Å². The first-order chi connectivity index (χ1) is 44.5. The van der Waals surface area contributed by atoms with Crippen LogP contribution >= 0.6 is 0 Å². The van der Waals surface area contributed by atoms with E-state index in [-0.39, 0.29) is 135 Å². The van der Waals surface area contributed by atoms with Gasteiger partial charge < -0.3 is 56.1 Å². The molecule has 7 N–H and O–H groups in total. The van der Waals surface area contributed by atoms with Crippen molar-refractivity contribution in [2.45, 2.75) is 202 Å². The fourth-order valence-electron chi connectivity index (χ4n) is 12.9. The molecule has 522 valence electrons. The molecule has 1 unspecified atom stereocenters. The Kier molecular flexibility index (Phi) is 32.7. The molecule has 12 atom stereocenters. The van der Waals surface area contributed by atoms with Crippen LogP contribution in [-0.4, -0.2) is 178 Å². The number of likely N-dealkylation sites (N-methyl/N-ethyl adjacent to an activating group) is 2. The maximum Gasteiger partial charge on any atom is 0.410 e. The Morgan fingerprint density at radius 1 is 0.734 bits per heavy atom. The molecule has 0 aromatic heterocycles. The number of likely N-dealkylation sites (tertiary alicyclic amines) is 1. The maximum atomic E-state index is 14.9. The molecule has 2 aromatic carbocycles. The Labute approximate surface area is 556 Å². The lowest BCUT2D eigenvalue weighted by atomic mass is 9.83. The van der Waals surface area contributed by atoms with Gasteiger partial charge in [-0.2, -0.15) is 0 Å². The number of aliphatic hydroxyl groups excluding tert-OH is 2. The minimum absolute atomic E-state index is 0.0377. The number of nitrogens with zero attached hydrogens (tertiary/aromatic N) is 4. The van der Waals surface area contributed by atoms with Crippen molar-refractivity contribution in [3.8, 4) is 0 Å². The predicted octanol–water partition coefficient (Wildman–Crippen LogP) is 7.02. The van der Waals surface area contributed by atoms with E-state index in [1.807, 2.05) is 47.6 Å². The van der Waals surface area contributed by atoms with Gasteiger partial charge in [0.05, 0.1) is 42.8 Å². The van der Waals surface area contributed by atoms with E-state index in [9.17, 15) is 63.0 Å². The number of nitrogens with two attached hydrogens (primary N) is 1. The number of hydrogen-bond donors (Lipinski definition) is 6. The van der Waals surface area contributed by atoms with Gasteiger partial charge in [-0.3, -0.25) is 48.1 Å². The van der Waals surface area contributed by atoms with E-state index < -0.39 is 84.1 Å². The molecule has 0 aliphatic carbocycles. The Morgan fingerprint density at radius 3 is 1.94 bits per heavy atom. The van der Waals surface area contributed by atoms with Gasteiger partial charge in [0.15, 0.2) is 11.6 Å². The van der Waals surface area contributed by atoms with Crippen molar-refractivity contribution in [3.05, 3.63) is 83.4 Å². The molecule has 2 aliphatic rings. The maximum absolute atomic E-state index is 14.9. The molecule has 0 spiro atoms. The number of ether oxygens (including phenoxy) is 2. The number of ketones is 3. The van der Waals surface area contributed by atoms with E-state index in [0.717, 1.165) is 4.90 Å². The van der Waals surface area contributed by atoms with Crippen LogP contribution in [0.3, 0.4) is 0 Å². The van der Waals surface area contributed by atoms with Crippen LogP contribution in [0.1, 0.15) is 169 Å². The van der Waals surface area contributed by atoms with Gasteiger partial charge in [0.25, 0.3) is 11.8 Å². The van der Waals surface area contributed by atoms with Crippen molar-refractivity contribution in [2.24, 2.45) is 53.1 Å². The summed E-state index contributed by atoms with van der Waals surface area (Å²) in [4.78, 5) is 153. The van der Waals surface area contributed by atoms with E-state index in [1.54, 1.807) is 93.1 Å². The minimum atomic E-state index is -0.970. The summed E-state index contributed by atoms with van der Waals surface area (Å²) in [7, 11) is 4.65. The second-order valence-electron chi connectivity index (χ2n) is 26.8. The molecule has 23 heteroatoms. The summed E-state index contributed by atoms with van der Waals surface area (Å²) >= 11 is 0. The van der Waals surface area contributed by atoms with E-state index in [2.05, 4.69) is 16.0 Å². The zero-order valence-electron chi connectivity index (χ0n) is 57.8. The van der Waals surface area contributed by atoms with Crippen LogP contribution in [0.2, 0.25) is 0 Å². The number of rotatable bonds is 41. The summed E-state index contributed by atoms with van der Waals surface area (Å²) in [5, 5.41) is 30.0. The number of carbonyl (C=O) groups is 11. The van der Waals surface area contributed by atoms with E-state index in [0.29, 0.717) is 68.2 Å². The molecule has 4 rings (SSSR count). The number of imide groups is 1. The number of unbranched alkanes of at least 4 members (excludes halogenated alkanes) is 2. The molecule has 2 heterocycles. The van der Waals surface area contributed by atoms with Gasteiger partial charge in [-0.1, -0.05) is 130 Å². The zero-order chi connectivity index (χ0) is 70.1. The largest absolute Gasteiger partial charge is 0.445 e. The lowest BCUT2D eigenvalue weighted by Gasteiger charge is -2.41. The Morgan fingerprint density at radius 2 is 1.36 bits per heavy atom. The number of Topliss-reactive ketones (excluding diaryl/α,β-unsaturated/α-hetero) is 3. The first kappa shape index (κ1) is 79.1. The number of methoxy groups -OCH3 is 1. The summed E-state index contributed by atoms with van der Waals surface area (Å²) in [6.07, 6.45) is 3.78. The molecule has 0 saturated carbocycles. The summed E-state index contributed by atoms with van der Waals surface area (Å²) in [5.74, 6) is -6.80. The number of primary amides is 1. The van der Waals surface area contributed by atoms with E-state index in [4.69, 9.17) is 15.2 Å². The third-order valence-corrected chi connectivity index (χ3v) is 18.9. The quantitative estimate of drug-likeness (QED) is 0.0288. The highest BCUT2D eigenvalue weighted by Gasteiger charge is 2.44. The Bertz CT molecular complexity index is 2870. The van der Waals surface area contributed by atoms with Crippen LogP contribution in [0.25, 0.3) is 0 Å². The van der Waals surface area contributed by atoms with Crippen LogP contribution in [-0.2, 0) is 65.7 Å². The normalized spacial score (nSPS) is 17.5. The van der Waals surface area contributed by atoms with Crippen molar-refractivity contribution in [1.82, 2.24) is 35.6 Å². The van der Waals surface area contributed by atoms with Crippen molar-refractivity contribution in [3.63, 3.8) is 0 Å². The number of hydrogen-bond acceptors (Lipinski definition) is 15. The number of aliphatic hydroxyl groups is 2. The van der Waals surface area contributed by atoms with Crippen LogP contribution in [0.4, 0.5) is 9.59 Å². The van der Waals surface area contributed by atoms with E-state index >= 15 is 0 Å². The van der Waals surface area contributed by atoms with Crippen LogP contribution in [0, 0.1) is 47.3 Å². The van der Waals surface area contributed by atoms with Gasteiger partial charge in [-0.15, -0.1) is 0 Å². The first-order valence-corrected chi connectivity index (χ1v) is 33.6. The Hall–Kier alpha value is -7.37. The summed E-state index contributed by atoms with van der Waals surface area (Å²) < 4.78 is 11.8. The highest BCUT2D eigenvalue weighted by atomic mass is 16.6. The average molecular weight is 1310 g/mol. The highest BCUT2D eigenvalue weighted by molar-refractivity contribution is 6.12. The monoisotopic (exact) mass is 1310 g/mol. The predicted molar refractivity (Wildman–Crippen MR) is 356 cm³/mol. The molecular formula is C71H108N8O15. The number of amides is 9. The lowest BCUT2D eigenvalue weighted by molar-refractivity contribution is -0.148. The average Bonchev–Trinajstić information content (AvgIpc) is 1.33. The van der Waals surface area contributed by atoms with Crippen molar-refractivity contribution >= 4 is 64.9 Å². The molecule has 2 aliphatic heterocycles. The summed E-state index contributed by atoms with van der Waals surface area (Å²) in [6.45, 7) is 18.7. The molecule has 1 fully saturated rings. The van der Waals surface area contributed by atoms with Gasteiger partial charge in [0.2, 0.25) is 23.6 Å². The summed E-state index contributed by atoms with van der Waals surface area (Å²) in [6, 6.07) is 11.5. The van der Waals surface area contributed by atoms with Gasteiger partial charge in [-0.05, 0) is 85.8 Å². The van der Waals surface area contributed by atoms with Gasteiger partial charge >= 0.3 is 12.1 Å². The first-order valence-electron chi connectivity index (χ1n) is 33.6. The highest BCUT2D eigenvalue weighted by Crippen LogP contribution is 2.33. The number of nitrogens with one attached hydrogen (secondary N) is 3. The molecule has 94 heavy (non-hydrogen) atoms. The summed E-state index contributed by atoms with van der Waals surface area (Å²) in [5.41, 5.74) is 7.11.